The molecule has 2 atom stereocenters. The zero-order chi connectivity index (χ0) is 15.4. The molecule has 1 saturated carbocycles. The average Bonchev–Trinajstić information content (AvgIpc) is 2.48. The van der Waals surface area contributed by atoms with Gasteiger partial charge in [0.25, 0.3) is 5.69 Å². The van der Waals surface area contributed by atoms with E-state index in [-0.39, 0.29) is 17.5 Å². The predicted octanol–water partition coefficient (Wildman–Crippen LogP) is 2.44. The molecule has 2 rings (SSSR count). The molecule has 0 bridgehead atoms. The largest absolute Gasteiger partial charge is 0.330 e. The monoisotopic (exact) mass is 295 g/mol. The number of nitrogens with one attached hydrogen (secondary N) is 1. The summed E-state index contributed by atoms with van der Waals surface area (Å²) in [5.74, 6) is -1.47. The molecule has 7 heteroatoms. The Morgan fingerprint density at radius 1 is 1.43 bits per heavy atom. The Kier molecular flexibility index (Phi) is 4.85. The van der Waals surface area contributed by atoms with Crippen molar-refractivity contribution in [1.82, 2.24) is 0 Å². The van der Waals surface area contributed by atoms with Crippen LogP contribution in [-0.2, 0) is 4.79 Å². The Morgan fingerprint density at radius 2 is 2.14 bits per heavy atom. The van der Waals surface area contributed by atoms with Gasteiger partial charge in [0.15, 0.2) is 11.5 Å². The van der Waals surface area contributed by atoms with E-state index < -0.39 is 22.3 Å². The number of hydrogen-bond acceptors (Lipinski definition) is 4. The van der Waals surface area contributed by atoms with Crippen molar-refractivity contribution < 1.29 is 14.1 Å². The second-order valence-electron chi connectivity index (χ2n) is 5.27. The van der Waals surface area contributed by atoms with Gasteiger partial charge in [-0.1, -0.05) is 18.9 Å². The molecule has 0 spiro atoms. The number of para-hydroxylation sites is 1. The third kappa shape index (κ3) is 3.36. The van der Waals surface area contributed by atoms with Gasteiger partial charge >= 0.3 is 0 Å². The van der Waals surface area contributed by atoms with E-state index >= 15 is 0 Å². The Balaban J connectivity index is 2.21. The zero-order valence-corrected chi connectivity index (χ0v) is 11.5. The molecule has 3 N–H and O–H groups in total. The molecule has 0 saturated heterocycles. The molecule has 1 aromatic rings. The zero-order valence-electron chi connectivity index (χ0n) is 11.5. The van der Waals surface area contributed by atoms with Gasteiger partial charge in [0.1, 0.15) is 0 Å². The van der Waals surface area contributed by atoms with Crippen molar-refractivity contribution in [3.63, 3.8) is 0 Å². The highest BCUT2D eigenvalue weighted by atomic mass is 19.1. The lowest BCUT2D eigenvalue weighted by Gasteiger charge is -2.29. The minimum Gasteiger partial charge on any atom is -0.330 e. The van der Waals surface area contributed by atoms with Crippen LogP contribution in [-0.4, -0.2) is 17.4 Å². The van der Waals surface area contributed by atoms with Crippen molar-refractivity contribution in [1.29, 1.82) is 0 Å². The number of anilines is 1. The molecule has 1 aliphatic rings. The van der Waals surface area contributed by atoms with E-state index in [1.165, 1.54) is 12.1 Å². The van der Waals surface area contributed by atoms with Crippen LogP contribution in [0, 0.1) is 27.8 Å². The van der Waals surface area contributed by atoms with Crippen LogP contribution in [0.4, 0.5) is 15.8 Å². The smallest absolute Gasteiger partial charge is 0.295 e. The molecule has 21 heavy (non-hydrogen) atoms. The molecule has 1 amide bonds. The van der Waals surface area contributed by atoms with Crippen molar-refractivity contribution in [3.05, 3.63) is 34.1 Å². The van der Waals surface area contributed by atoms with Crippen LogP contribution < -0.4 is 11.1 Å². The molecule has 114 valence electrons. The van der Waals surface area contributed by atoms with Gasteiger partial charge in [-0.2, -0.15) is 0 Å². The third-order valence-electron chi connectivity index (χ3n) is 3.99. The van der Waals surface area contributed by atoms with Gasteiger partial charge in [-0.25, -0.2) is 4.39 Å². The maximum absolute atomic E-state index is 13.8. The van der Waals surface area contributed by atoms with E-state index in [9.17, 15) is 19.3 Å². The second kappa shape index (κ2) is 6.62. The van der Waals surface area contributed by atoms with Gasteiger partial charge in [-0.3, -0.25) is 14.9 Å². The van der Waals surface area contributed by atoms with E-state index in [0.29, 0.717) is 13.0 Å². The van der Waals surface area contributed by atoms with Crippen LogP contribution in [0.5, 0.6) is 0 Å². The Hall–Kier alpha value is -2.02. The van der Waals surface area contributed by atoms with Gasteiger partial charge in [0.05, 0.1) is 4.92 Å². The lowest BCUT2D eigenvalue weighted by atomic mass is 9.78. The first kappa shape index (κ1) is 15.4. The fraction of sp³-hybridized carbons (Fsp3) is 0.500. The van der Waals surface area contributed by atoms with Crippen molar-refractivity contribution >= 4 is 17.3 Å². The van der Waals surface area contributed by atoms with Gasteiger partial charge < -0.3 is 11.1 Å². The first-order valence-electron chi connectivity index (χ1n) is 6.98. The highest BCUT2D eigenvalue weighted by molar-refractivity contribution is 5.95. The lowest BCUT2D eigenvalue weighted by molar-refractivity contribution is -0.384. The topological polar surface area (TPSA) is 98.3 Å². The van der Waals surface area contributed by atoms with Crippen molar-refractivity contribution in [2.45, 2.75) is 25.7 Å². The van der Waals surface area contributed by atoms with E-state index in [4.69, 9.17) is 5.73 Å². The number of carbonyl (C=O) groups is 1. The number of benzene rings is 1. The number of carbonyl (C=O) groups excluding carboxylic acids is 1. The van der Waals surface area contributed by atoms with Crippen LogP contribution >= 0.6 is 0 Å². The van der Waals surface area contributed by atoms with Crippen LogP contribution in [0.25, 0.3) is 0 Å². The summed E-state index contributed by atoms with van der Waals surface area (Å²) in [5.41, 5.74) is 4.86. The Labute approximate surface area is 121 Å². The molecular formula is C14H18FN3O3. The maximum atomic E-state index is 13.8. The minimum absolute atomic E-state index is 0.0459. The van der Waals surface area contributed by atoms with Gasteiger partial charge in [-0.15, -0.1) is 0 Å². The van der Waals surface area contributed by atoms with Crippen LogP contribution in [0.15, 0.2) is 18.2 Å². The van der Waals surface area contributed by atoms with Crippen LogP contribution in [0.3, 0.4) is 0 Å². The quantitative estimate of drug-likeness (QED) is 0.658. The number of amides is 1. The number of rotatable bonds is 4. The van der Waals surface area contributed by atoms with E-state index in [2.05, 4.69) is 5.32 Å². The summed E-state index contributed by atoms with van der Waals surface area (Å²) < 4.78 is 13.8. The lowest BCUT2D eigenvalue weighted by Crippen LogP contribution is -2.36. The molecule has 2 unspecified atom stereocenters. The molecule has 0 aromatic heterocycles. The minimum atomic E-state index is -0.808. The Morgan fingerprint density at radius 3 is 2.81 bits per heavy atom. The number of nitrogens with two attached hydrogens (primary N) is 1. The fourth-order valence-electron chi connectivity index (χ4n) is 2.84. The van der Waals surface area contributed by atoms with Gasteiger partial charge in [0, 0.05) is 12.0 Å². The SMILES string of the molecule is NCC1CCCCC1C(=O)Nc1c(F)cccc1[N+](=O)[O-]. The fourth-order valence-corrected chi connectivity index (χ4v) is 2.84. The predicted molar refractivity (Wildman–Crippen MR) is 76.2 cm³/mol. The average molecular weight is 295 g/mol. The summed E-state index contributed by atoms with van der Waals surface area (Å²) in [6.45, 7) is 0.386. The van der Waals surface area contributed by atoms with Crippen LogP contribution in [0.1, 0.15) is 25.7 Å². The molecule has 1 fully saturated rings. The van der Waals surface area contributed by atoms with Gasteiger partial charge in [0.2, 0.25) is 5.91 Å². The van der Waals surface area contributed by atoms with Crippen molar-refractivity contribution in [2.75, 3.05) is 11.9 Å². The summed E-state index contributed by atoms with van der Waals surface area (Å²) in [6.07, 6.45) is 3.46. The van der Waals surface area contributed by atoms with Crippen molar-refractivity contribution in [2.24, 2.45) is 17.6 Å². The molecule has 0 radical (unpaired) electrons. The second-order valence-corrected chi connectivity index (χ2v) is 5.27. The number of hydrogen-bond donors (Lipinski definition) is 2. The first-order valence-corrected chi connectivity index (χ1v) is 6.98. The normalized spacial score (nSPS) is 21.8. The molecule has 1 aliphatic carbocycles. The highest BCUT2D eigenvalue weighted by Gasteiger charge is 2.31. The summed E-state index contributed by atoms with van der Waals surface area (Å²) in [7, 11) is 0. The van der Waals surface area contributed by atoms with Gasteiger partial charge in [-0.05, 0) is 31.4 Å². The number of halogens is 1. The molecule has 1 aromatic carbocycles. The van der Waals surface area contributed by atoms with Crippen LogP contribution in [0.2, 0.25) is 0 Å². The van der Waals surface area contributed by atoms with E-state index in [1.54, 1.807) is 0 Å². The van der Waals surface area contributed by atoms with E-state index in [0.717, 1.165) is 25.3 Å². The summed E-state index contributed by atoms with van der Waals surface area (Å²) in [5, 5.41) is 13.3. The standard InChI is InChI=1S/C14H18FN3O3/c15-11-6-3-7-12(18(20)21)13(11)17-14(19)10-5-2-1-4-9(10)8-16/h3,6-7,9-10H,1-2,4-5,8,16H2,(H,17,19). The molecule has 0 aliphatic heterocycles. The number of nitrogens with zero attached hydrogens (tertiary/aromatic N) is 1. The molecular weight excluding hydrogens is 277 g/mol. The van der Waals surface area contributed by atoms with E-state index in [1.807, 2.05) is 0 Å². The summed E-state index contributed by atoms with van der Waals surface area (Å²) in [6, 6.07) is 3.50. The molecule has 0 heterocycles. The first-order chi connectivity index (χ1) is 10.0. The maximum Gasteiger partial charge on any atom is 0.295 e. The Bertz CT molecular complexity index is 550. The van der Waals surface area contributed by atoms with Crippen molar-refractivity contribution in [3.8, 4) is 0 Å². The number of nitro benzene ring substituents is 1. The highest BCUT2D eigenvalue weighted by Crippen LogP contribution is 2.32. The third-order valence-corrected chi connectivity index (χ3v) is 3.99. The molecule has 6 nitrogen and oxygen atoms in total. The summed E-state index contributed by atoms with van der Waals surface area (Å²) in [4.78, 5) is 22.5. The summed E-state index contributed by atoms with van der Waals surface area (Å²) >= 11 is 0. The number of nitro groups is 1.